The van der Waals surface area contributed by atoms with Crippen molar-refractivity contribution in [2.24, 2.45) is 5.73 Å². The van der Waals surface area contributed by atoms with Gasteiger partial charge in [-0.25, -0.2) is 4.79 Å². The van der Waals surface area contributed by atoms with Crippen LogP contribution in [0, 0.1) is 0 Å². The van der Waals surface area contributed by atoms with E-state index in [0.29, 0.717) is 6.42 Å². The Bertz CT molecular complexity index is 674. The fourth-order valence-electron chi connectivity index (χ4n) is 2.99. The second kappa shape index (κ2) is 11.7. The lowest BCUT2D eigenvalue weighted by molar-refractivity contribution is -0.145. The first-order valence-electron chi connectivity index (χ1n) is 9.39. The third-order valence-electron chi connectivity index (χ3n) is 4.69. The molecule has 0 saturated carbocycles. The molecule has 0 aromatic heterocycles. The third kappa shape index (κ3) is 7.15. The normalized spacial score (nSPS) is 20.0. The topological polar surface area (TPSA) is 199 Å². The van der Waals surface area contributed by atoms with Gasteiger partial charge in [-0.05, 0) is 26.2 Å². The number of aliphatic carboxylic acids is 2. The minimum atomic E-state index is -1.40. The van der Waals surface area contributed by atoms with Gasteiger partial charge in [-0.3, -0.25) is 19.2 Å². The number of nitrogens with two attached hydrogens (primary N) is 1. The number of aliphatic hydroxyl groups is 1. The number of hydrogen-bond donors (Lipinski definition) is 7. The molecule has 0 aliphatic carbocycles. The van der Waals surface area contributed by atoms with Crippen LogP contribution in [0.25, 0.3) is 0 Å². The lowest BCUT2D eigenvalue weighted by atomic mass is 10.1. The molecular weight excluding hydrogens is 420 g/mol. The van der Waals surface area contributed by atoms with Gasteiger partial charge in [0.25, 0.3) is 0 Å². The fraction of sp³-hybridized carbons (Fsp3) is 0.706. The van der Waals surface area contributed by atoms with Crippen molar-refractivity contribution in [1.82, 2.24) is 15.5 Å². The quantitative estimate of drug-likeness (QED) is 0.167. The van der Waals surface area contributed by atoms with Crippen molar-refractivity contribution in [3.05, 3.63) is 0 Å². The largest absolute Gasteiger partial charge is 0.481 e. The van der Waals surface area contributed by atoms with E-state index in [1.54, 1.807) is 0 Å². The van der Waals surface area contributed by atoms with Crippen LogP contribution < -0.4 is 16.4 Å². The van der Waals surface area contributed by atoms with Crippen LogP contribution in [0.15, 0.2) is 0 Å². The van der Waals surface area contributed by atoms with Crippen molar-refractivity contribution in [1.29, 1.82) is 0 Å². The van der Waals surface area contributed by atoms with Crippen LogP contribution in [0.5, 0.6) is 0 Å². The first-order chi connectivity index (χ1) is 14.0. The summed E-state index contributed by atoms with van der Waals surface area (Å²) >= 11 is 3.88. The highest BCUT2D eigenvalue weighted by Crippen LogP contribution is 2.20. The molecule has 0 aromatic carbocycles. The molecule has 3 amide bonds. The molecule has 1 heterocycles. The van der Waals surface area contributed by atoms with Crippen molar-refractivity contribution in [2.45, 2.75) is 62.9 Å². The number of carboxylic acids is 2. The summed E-state index contributed by atoms with van der Waals surface area (Å²) in [5.74, 6) is -4.73. The molecule has 1 aliphatic rings. The summed E-state index contributed by atoms with van der Waals surface area (Å²) in [6.07, 6.45) is -1.05. The summed E-state index contributed by atoms with van der Waals surface area (Å²) in [7, 11) is 0. The van der Waals surface area contributed by atoms with E-state index in [1.165, 1.54) is 11.8 Å². The maximum Gasteiger partial charge on any atom is 0.327 e. The number of hydrogen-bond acceptors (Lipinski definition) is 8. The number of thiol groups is 1. The van der Waals surface area contributed by atoms with Crippen LogP contribution in [-0.4, -0.2) is 92.4 Å². The monoisotopic (exact) mass is 448 g/mol. The van der Waals surface area contributed by atoms with E-state index in [0.717, 1.165) is 0 Å². The lowest BCUT2D eigenvalue weighted by Gasteiger charge is -2.31. The van der Waals surface area contributed by atoms with Crippen molar-refractivity contribution >= 4 is 42.3 Å². The number of nitrogens with zero attached hydrogens (tertiary/aromatic N) is 1. The van der Waals surface area contributed by atoms with E-state index in [9.17, 15) is 29.1 Å². The van der Waals surface area contributed by atoms with Crippen molar-refractivity contribution in [3.8, 4) is 0 Å². The first kappa shape index (κ1) is 25.7. The Balaban J connectivity index is 2.86. The molecule has 30 heavy (non-hydrogen) atoms. The summed E-state index contributed by atoms with van der Waals surface area (Å²) in [5, 5.41) is 32.3. The van der Waals surface area contributed by atoms with E-state index in [4.69, 9.17) is 15.9 Å². The number of aliphatic hydroxyl groups excluding tert-OH is 1. The van der Waals surface area contributed by atoms with Crippen LogP contribution >= 0.6 is 12.6 Å². The molecular formula is C17H28N4O8S. The molecule has 1 rings (SSSR count). The van der Waals surface area contributed by atoms with Crippen molar-refractivity contribution < 1.29 is 39.3 Å². The van der Waals surface area contributed by atoms with Gasteiger partial charge in [0, 0.05) is 18.7 Å². The summed E-state index contributed by atoms with van der Waals surface area (Å²) in [6.45, 7) is 1.46. The molecule has 0 radical (unpaired) electrons. The van der Waals surface area contributed by atoms with Gasteiger partial charge < -0.3 is 36.6 Å². The van der Waals surface area contributed by atoms with E-state index in [2.05, 4.69) is 23.3 Å². The zero-order chi connectivity index (χ0) is 23.0. The van der Waals surface area contributed by atoms with E-state index >= 15 is 0 Å². The summed E-state index contributed by atoms with van der Waals surface area (Å²) in [5.41, 5.74) is 5.63. The first-order valence-corrected chi connectivity index (χ1v) is 10.0. The van der Waals surface area contributed by atoms with E-state index in [-0.39, 0.29) is 31.6 Å². The van der Waals surface area contributed by atoms with E-state index < -0.39 is 59.9 Å². The second-order valence-corrected chi connectivity index (χ2v) is 7.40. The van der Waals surface area contributed by atoms with Crippen molar-refractivity contribution in [2.75, 3.05) is 12.3 Å². The SMILES string of the molecule is CC(O)C(NC(=O)C(N)CCC(=O)O)C(=O)N1CCCC1C(=O)NC(CS)C(=O)O. The number of rotatable bonds is 11. The molecule has 13 heteroatoms. The number of amides is 3. The van der Waals surface area contributed by atoms with E-state index in [1.807, 2.05) is 0 Å². The zero-order valence-corrected chi connectivity index (χ0v) is 17.4. The summed E-state index contributed by atoms with van der Waals surface area (Å²) < 4.78 is 0. The summed E-state index contributed by atoms with van der Waals surface area (Å²) in [4.78, 5) is 60.5. The lowest BCUT2D eigenvalue weighted by Crippen LogP contribution is -2.59. The molecule has 1 saturated heterocycles. The smallest absolute Gasteiger partial charge is 0.327 e. The van der Waals surface area contributed by atoms with Gasteiger partial charge in [0.05, 0.1) is 12.1 Å². The highest BCUT2D eigenvalue weighted by atomic mass is 32.1. The van der Waals surface area contributed by atoms with Gasteiger partial charge in [-0.15, -0.1) is 0 Å². The minimum absolute atomic E-state index is 0.137. The predicted molar refractivity (Wildman–Crippen MR) is 107 cm³/mol. The van der Waals surface area contributed by atoms with Gasteiger partial charge in [0.15, 0.2) is 0 Å². The van der Waals surface area contributed by atoms with Gasteiger partial charge in [-0.2, -0.15) is 12.6 Å². The Morgan fingerprint density at radius 3 is 2.33 bits per heavy atom. The maximum atomic E-state index is 12.9. The molecule has 0 spiro atoms. The fourth-order valence-corrected chi connectivity index (χ4v) is 3.24. The molecule has 170 valence electrons. The average Bonchev–Trinajstić information content (AvgIpc) is 3.16. The molecule has 7 N–H and O–H groups in total. The van der Waals surface area contributed by atoms with Crippen LogP contribution in [-0.2, 0) is 24.0 Å². The molecule has 0 bridgehead atoms. The van der Waals surface area contributed by atoms with Crippen LogP contribution in [0.3, 0.4) is 0 Å². The van der Waals surface area contributed by atoms with Gasteiger partial charge in [0.2, 0.25) is 17.7 Å². The molecule has 5 atom stereocenters. The Labute approximate surface area is 178 Å². The number of carbonyl (C=O) groups excluding carboxylic acids is 3. The Hall–Kier alpha value is -2.38. The van der Waals surface area contributed by atoms with Gasteiger partial charge in [-0.1, -0.05) is 0 Å². The summed E-state index contributed by atoms with van der Waals surface area (Å²) in [6, 6.07) is -4.78. The average molecular weight is 448 g/mol. The minimum Gasteiger partial charge on any atom is -0.481 e. The highest BCUT2D eigenvalue weighted by molar-refractivity contribution is 7.80. The number of carbonyl (C=O) groups is 5. The van der Waals surface area contributed by atoms with Gasteiger partial charge >= 0.3 is 11.9 Å². The zero-order valence-electron chi connectivity index (χ0n) is 16.5. The number of carboxylic acid groups (broad SMARTS) is 2. The number of nitrogens with one attached hydrogen (secondary N) is 2. The Kier molecular flexibility index (Phi) is 10.0. The Morgan fingerprint density at radius 1 is 1.20 bits per heavy atom. The molecule has 1 fully saturated rings. The number of likely N-dealkylation sites (tertiary alicyclic amines) is 1. The second-order valence-electron chi connectivity index (χ2n) is 7.04. The van der Waals surface area contributed by atoms with Crippen LogP contribution in [0.2, 0.25) is 0 Å². The van der Waals surface area contributed by atoms with Crippen molar-refractivity contribution in [3.63, 3.8) is 0 Å². The van der Waals surface area contributed by atoms with Crippen LogP contribution in [0.4, 0.5) is 0 Å². The molecule has 12 nitrogen and oxygen atoms in total. The molecule has 1 aliphatic heterocycles. The maximum absolute atomic E-state index is 12.9. The molecule has 5 unspecified atom stereocenters. The third-order valence-corrected chi connectivity index (χ3v) is 5.05. The predicted octanol–water partition coefficient (Wildman–Crippen LogP) is -2.47. The Morgan fingerprint density at radius 2 is 1.83 bits per heavy atom. The van der Waals surface area contributed by atoms with Gasteiger partial charge in [0.1, 0.15) is 18.1 Å². The highest BCUT2D eigenvalue weighted by Gasteiger charge is 2.40. The molecule has 0 aromatic rings. The standard InChI is InChI=1S/C17H28N4O8S/c1-8(22)13(20-14(25)9(18)4-5-12(23)24)16(27)21-6-2-3-11(21)15(26)19-10(7-30)17(28)29/h8-11,13,22,30H,2-7,18H2,1H3,(H,19,26)(H,20,25)(H,23,24)(H,28,29). The van der Waals surface area contributed by atoms with Crippen LogP contribution in [0.1, 0.15) is 32.6 Å².